The molecule has 2 N–H and O–H groups in total. The lowest BCUT2D eigenvalue weighted by molar-refractivity contribution is -0.106. The second kappa shape index (κ2) is 10.8. The van der Waals surface area contributed by atoms with Crippen LogP contribution in [0.4, 0.5) is 23.1 Å². The number of benzene rings is 2. The Labute approximate surface area is 215 Å². The fraction of sp³-hybridized carbons (Fsp3) is 0.286. The smallest absolute Gasteiger partial charge is 0.223 e. The molecule has 3 heterocycles. The summed E-state index contributed by atoms with van der Waals surface area (Å²) < 4.78 is 5.44. The van der Waals surface area contributed by atoms with Crippen molar-refractivity contribution in [2.45, 2.75) is 26.3 Å². The third-order valence-corrected chi connectivity index (χ3v) is 6.57. The van der Waals surface area contributed by atoms with Crippen LogP contribution < -0.4 is 15.1 Å². The Kier molecular flexibility index (Phi) is 7.14. The van der Waals surface area contributed by atoms with E-state index in [0.29, 0.717) is 41.6 Å². The molecule has 0 spiro atoms. The van der Waals surface area contributed by atoms with Crippen LogP contribution in [-0.2, 0) is 9.53 Å². The monoisotopic (exact) mass is 498 g/mol. The molecule has 0 unspecified atom stereocenters. The van der Waals surface area contributed by atoms with Gasteiger partial charge in [0.1, 0.15) is 11.6 Å². The van der Waals surface area contributed by atoms with Gasteiger partial charge in [0.15, 0.2) is 0 Å². The molecule has 0 aliphatic carbocycles. The molecule has 1 saturated heterocycles. The maximum atomic E-state index is 12.2. The summed E-state index contributed by atoms with van der Waals surface area (Å²) in [5.74, 6) is 1.44. The van der Waals surface area contributed by atoms with E-state index in [1.807, 2.05) is 36.4 Å². The highest BCUT2D eigenvalue weighted by molar-refractivity contribution is 5.91. The number of carbonyl (C=O) groups excluding carboxylic acids is 1. The van der Waals surface area contributed by atoms with Crippen LogP contribution in [0.15, 0.2) is 60.9 Å². The number of nitrogens with zero attached hydrogens (tertiary/aromatic N) is 5. The number of fused-ring (bicyclic) bond motifs is 1. The van der Waals surface area contributed by atoms with Crippen LogP contribution >= 0.6 is 0 Å². The molecule has 1 fully saturated rings. The Morgan fingerprint density at radius 1 is 1.14 bits per heavy atom. The van der Waals surface area contributed by atoms with Gasteiger partial charge >= 0.3 is 0 Å². The van der Waals surface area contributed by atoms with E-state index in [0.717, 1.165) is 42.7 Å². The number of pyridine rings is 1. The lowest BCUT2D eigenvalue weighted by Gasteiger charge is -2.28. The van der Waals surface area contributed by atoms with Crippen molar-refractivity contribution in [1.29, 1.82) is 0 Å². The minimum atomic E-state index is 0.106. The van der Waals surface area contributed by atoms with Crippen molar-refractivity contribution in [2.75, 3.05) is 41.4 Å². The number of phenolic OH excluding ortho intramolecular Hbond substituents is 1. The van der Waals surface area contributed by atoms with Crippen LogP contribution in [0.3, 0.4) is 0 Å². The van der Waals surface area contributed by atoms with Crippen LogP contribution in [0.2, 0.25) is 0 Å². The number of morpholine rings is 1. The molecule has 0 saturated carbocycles. The fourth-order valence-corrected chi connectivity index (χ4v) is 4.31. The Morgan fingerprint density at radius 2 is 1.95 bits per heavy atom. The number of hydrogen-bond donors (Lipinski definition) is 2. The molecule has 190 valence electrons. The van der Waals surface area contributed by atoms with Gasteiger partial charge in [-0.25, -0.2) is 15.0 Å². The van der Waals surface area contributed by atoms with Crippen LogP contribution in [0.1, 0.15) is 20.3 Å². The van der Waals surface area contributed by atoms with E-state index in [4.69, 9.17) is 4.74 Å². The van der Waals surface area contributed by atoms with Crippen LogP contribution in [0.25, 0.3) is 22.0 Å². The fourth-order valence-electron chi connectivity index (χ4n) is 4.31. The van der Waals surface area contributed by atoms with Crippen LogP contribution in [-0.4, -0.2) is 58.8 Å². The Bertz CT molecular complexity index is 1410. The zero-order valence-electron chi connectivity index (χ0n) is 21.0. The standard InChI is InChI=1S/C28H30N6O3/c1-3-19(2)31-28-30-17-21-14-24(26(36)16-25(21)32-28)20-5-4-6-22(13-20)34(18-35)23-7-8-29-27(15-23)33-9-11-37-12-10-33/h4-8,13-19,36H,3,9-12H2,1-2H3,(H,30,31,32)/t19-/m0/s1. The van der Waals surface area contributed by atoms with Gasteiger partial charge in [0.2, 0.25) is 12.4 Å². The molecule has 1 atom stereocenters. The first-order valence-electron chi connectivity index (χ1n) is 12.5. The number of phenols is 1. The first-order chi connectivity index (χ1) is 18.1. The van der Waals surface area contributed by atoms with Gasteiger partial charge in [-0.2, -0.15) is 0 Å². The molecule has 5 rings (SSSR count). The molecule has 1 amide bonds. The lowest BCUT2D eigenvalue weighted by Crippen LogP contribution is -2.36. The minimum Gasteiger partial charge on any atom is -0.507 e. The maximum absolute atomic E-state index is 12.2. The summed E-state index contributed by atoms with van der Waals surface area (Å²) in [7, 11) is 0. The van der Waals surface area contributed by atoms with E-state index < -0.39 is 0 Å². The number of aromatic nitrogens is 3. The third kappa shape index (κ3) is 5.31. The summed E-state index contributed by atoms with van der Waals surface area (Å²) >= 11 is 0. The highest BCUT2D eigenvalue weighted by Crippen LogP contribution is 2.36. The van der Waals surface area contributed by atoms with E-state index in [1.54, 1.807) is 29.4 Å². The molecular formula is C28H30N6O3. The second-order valence-electron chi connectivity index (χ2n) is 9.07. The summed E-state index contributed by atoms with van der Waals surface area (Å²) in [5.41, 5.74) is 3.44. The Balaban J connectivity index is 1.46. The Hall–Kier alpha value is -4.24. The zero-order valence-corrected chi connectivity index (χ0v) is 21.0. The van der Waals surface area contributed by atoms with E-state index in [1.165, 1.54) is 0 Å². The molecule has 2 aromatic heterocycles. The van der Waals surface area contributed by atoms with Crippen LogP contribution in [0, 0.1) is 0 Å². The predicted octanol–water partition coefficient (Wildman–Crippen LogP) is 4.74. The number of anilines is 4. The normalized spacial score (nSPS) is 14.4. The zero-order chi connectivity index (χ0) is 25.8. The quantitative estimate of drug-likeness (QED) is 0.336. The van der Waals surface area contributed by atoms with Crippen molar-refractivity contribution < 1.29 is 14.6 Å². The molecule has 9 nitrogen and oxygen atoms in total. The van der Waals surface area contributed by atoms with Crippen molar-refractivity contribution >= 4 is 40.5 Å². The molecule has 37 heavy (non-hydrogen) atoms. The molecule has 9 heteroatoms. The maximum Gasteiger partial charge on any atom is 0.223 e. The number of carbonyl (C=O) groups is 1. The van der Waals surface area contributed by atoms with E-state index in [2.05, 4.69) is 39.0 Å². The van der Waals surface area contributed by atoms with Crippen molar-refractivity contribution in [3.8, 4) is 16.9 Å². The molecule has 4 aromatic rings. The summed E-state index contributed by atoms with van der Waals surface area (Å²) in [6, 6.07) is 15.0. The van der Waals surface area contributed by atoms with Gasteiger partial charge in [-0.15, -0.1) is 0 Å². The lowest BCUT2D eigenvalue weighted by atomic mass is 10.0. The number of nitrogens with one attached hydrogen (secondary N) is 1. The number of rotatable bonds is 8. The molecule has 1 aliphatic rings. The SMILES string of the molecule is CC[C@H](C)Nc1ncc2cc(-c3cccc(N(C=O)c4ccnc(N5CCOCC5)c4)c3)c(O)cc2n1. The molecule has 0 radical (unpaired) electrons. The largest absolute Gasteiger partial charge is 0.507 e. The molecule has 2 aromatic carbocycles. The summed E-state index contributed by atoms with van der Waals surface area (Å²) in [6.45, 7) is 6.98. The van der Waals surface area contributed by atoms with Gasteiger partial charge in [0.25, 0.3) is 0 Å². The van der Waals surface area contributed by atoms with Crippen molar-refractivity contribution in [1.82, 2.24) is 15.0 Å². The van der Waals surface area contributed by atoms with Gasteiger partial charge in [-0.1, -0.05) is 19.1 Å². The Morgan fingerprint density at radius 3 is 2.73 bits per heavy atom. The summed E-state index contributed by atoms with van der Waals surface area (Å²) in [4.78, 5) is 29.4. The summed E-state index contributed by atoms with van der Waals surface area (Å²) in [6.07, 6.45) is 5.20. The van der Waals surface area contributed by atoms with Gasteiger partial charge in [0, 0.05) is 60.3 Å². The van der Waals surface area contributed by atoms with Crippen molar-refractivity contribution in [2.24, 2.45) is 0 Å². The minimum absolute atomic E-state index is 0.106. The van der Waals surface area contributed by atoms with E-state index in [-0.39, 0.29) is 11.8 Å². The van der Waals surface area contributed by atoms with E-state index >= 15 is 0 Å². The average Bonchev–Trinajstić information content (AvgIpc) is 2.94. The molecule has 1 aliphatic heterocycles. The first kappa shape index (κ1) is 24.5. The van der Waals surface area contributed by atoms with Gasteiger partial charge in [0.05, 0.1) is 24.4 Å². The summed E-state index contributed by atoms with van der Waals surface area (Å²) in [5, 5.41) is 14.9. The average molecular weight is 499 g/mol. The van der Waals surface area contributed by atoms with E-state index in [9.17, 15) is 9.90 Å². The third-order valence-electron chi connectivity index (χ3n) is 6.57. The molecule has 0 bridgehead atoms. The van der Waals surface area contributed by atoms with Crippen molar-refractivity contribution in [3.05, 3.63) is 60.9 Å². The highest BCUT2D eigenvalue weighted by atomic mass is 16.5. The van der Waals surface area contributed by atoms with Crippen LogP contribution in [0.5, 0.6) is 5.75 Å². The first-order valence-corrected chi connectivity index (χ1v) is 12.5. The van der Waals surface area contributed by atoms with Gasteiger partial charge in [-0.05, 0) is 43.2 Å². The molecular weight excluding hydrogens is 468 g/mol. The van der Waals surface area contributed by atoms with Gasteiger partial charge in [-0.3, -0.25) is 9.69 Å². The highest BCUT2D eigenvalue weighted by Gasteiger charge is 2.17. The predicted molar refractivity (Wildman–Crippen MR) is 145 cm³/mol. The number of amides is 1. The number of hydrogen-bond acceptors (Lipinski definition) is 8. The number of ether oxygens (including phenoxy) is 1. The van der Waals surface area contributed by atoms with Gasteiger partial charge < -0.3 is 20.1 Å². The number of aromatic hydroxyl groups is 1. The second-order valence-corrected chi connectivity index (χ2v) is 9.07. The van der Waals surface area contributed by atoms with Crippen molar-refractivity contribution in [3.63, 3.8) is 0 Å². The topological polar surface area (TPSA) is 104 Å².